The summed E-state index contributed by atoms with van der Waals surface area (Å²) in [5, 5.41) is 4.82. The van der Waals surface area contributed by atoms with Crippen molar-refractivity contribution in [1.29, 1.82) is 0 Å². The third-order valence-electron chi connectivity index (χ3n) is 4.70. The summed E-state index contributed by atoms with van der Waals surface area (Å²) in [5.74, 6) is -0.600. The average Bonchev–Trinajstić information content (AvgIpc) is 3.10. The van der Waals surface area contributed by atoms with Gasteiger partial charge in [-0.15, -0.1) is 0 Å². The molecule has 4 heteroatoms. The van der Waals surface area contributed by atoms with E-state index in [2.05, 4.69) is 59.5 Å². The fourth-order valence-electron chi connectivity index (χ4n) is 3.57. The van der Waals surface area contributed by atoms with Crippen molar-refractivity contribution in [3.8, 4) is 0 Å². The Morgan fingerprint density at radius 3 is 2.52 bits per heavy atom. The molecule has 1 aliphatic heterocycles. The van der Waals surface area contributed by atoms with Crippen molar-refractivity contribution < 1.29 is 9.47 Å². The third kappa shape index (κ3) is 3.21. The summed E-state index contributed by atoms with van der Waals surface area (Å²) in [6.07, 6.45) is 1.87. The van der Waals surface area contributed by atoms with Gasteiger partial charge in [-0.1, -0.05) is 48.5 Å². The van der Waals surface area contributed by atoms with Gasteiger partial charge in [-0.2, -0.15) is 0 Å². The highest BCUT2D eigenvalue weighted by atomic mass is 16.8. The molecule has 25 heavy (non-hydrogen) atoms. The molecule has 0 bridgehead atoms. The lowest BCUT2D eigenvalue weighted by Crippen LogP contribution is -2.34. The van der Waals surface area contributed by atoms with Crippen LogP contribution in [0.25, 0.3) is 10.9 Å². The van der Waals surface area contributed by atoms with Crippen molar-refractivity contribution in [2.45, 2.75) is 38.5 Å². The summed E-state index contributed by atoms with van der Waals surface area (Å²) < 4.78 is 14.4. The highest BCUT2D eigenvalue weighted by Gasteiger charge is 2.41. The third-order valence-corrected chi connectivity index (χ3v) is 4.70. The molecule has 0 aliphatic carbocycles. The molecule has 4 rings (SSSR count). The number of aryl methyl sites for hydroxylation is 1. The SMILES string of the molecule is Cn1cc(CN[C@H]2OC(C)(C)O[C@H]2c2ccccc2)c2ccccc21. The normalized spacial score (nSPS) is 22.5. The van der Waals surface area contributed by atoms with Crippen LogP contribution in [0.15, 0.2) is 60.8 Å². The molecule has 1 aliphatic rings. The molecule has 4 nitrogen and oxygen atoms in total. The minimum absolute atomic E-state index is 0.119. The maximum absolute atomic E-state index is 6.14. The molecule has 3 aromatic rings. The molecule has 0 unspecified atom stereocenters. The van der Waals surface area contributed by atoms with Crippen LogP contribution in [0, 0.1) is 0 Å². The van der Waals surface area contributed by atoms with Gasteiger partial charge in [0.05, 0.1) is 0 Å². The van der Waals surface area contributed by atoms with Crippen molar-refractivity contribution in [1.82, 2.24) is 9.88 Å². The molecule has 0 radical (unpaired) electrons. The number of nitrogens with zero attached hydrogens (tertiary/aromatic N) is 1. The number of rotatable bonds is 4. The van der Waals surface area contributed by atoms with Gasteiger partial charge < -0.3 is 14.0 Å². The number of benzene rings is 2. The Morgan fingerprint density at radius 1 is 1.00 bits per heavy atom. The van der Waals surface area contributed by atoms with Gasteiger partial charge in [0.15, 0.2) is 5.79 Å². The van der Waals surface area contributed by atoms with Crippen molar-refractivity contribution in [2.75, 3.05) is 0 Å². The van der Waals surface area contributed by atoms with E-state index in [0.29, 0.717) is 0 Å². The molecular formula is C21H24N2O2. The van der Waals surface area contributed by atoms with Crippen molar-refractivity contribution in [3.05, 3.63) is 71.9 Å². The lowest BCUT2D eigenvalue weighted by molar-refractivity contribution is -0.149. The first-order chi connectivity index (χ1) is 12.0. The standard InChI is InChI=1S/C21H24N2O2/c1-21(2)24-19(15-9-5-4-6-10-15)20(25-21)22-13-16-14-23(3)18-12-8-7-11-17(16)18/h4-12,14,19-20,22H,13H2,1-3H3/t19-,20-/m0/s1. The van der Waals surface area contributed by atoms with E-state index in [0.717, 1.165) is 12.1 Å². The zero-order valence-electron chi connectivity index (χ0n) is 14.9. The minimum atomic E-state index is -0.600. The summed E-state index contributed by atoms with van der Waals surface area (Å²) in [6.45, 7) is 4.65. The number of para-hydroxylation sites is 1. The fourth-order valence-corrected chi connectivity index (χ4v) is 3.57. The number of aromatic nitrogens is 1. The van der Waals surface area contributed by atoms with Crippen molar-refractivity contribution in [2.24, 2.45) is 7.05 Å². The number of ether oxygens (including phenoxy) is 2. The number of hydrogen-bond donors (Lipinski definition) is 1. The molecule has 130 valence electrons. The van der Waals surface area contributed by atoms with Crippen LogP contribution in [0.3, 0.4) is 0 Å². The topological polar surface area (TPSA) is 35.4 Å². The summed E-state index contributed by atoms with van der Waals surface area (Å²) in [6, 6.07) is 18.7. The first-order valence-electron chi connectivity index (χ1n) is 8.70. The number of nitrogens with one attached hydrogen (secondary N) is 1. The van der Waals surface area contributed by atoms with Gasteiger partial charge >= 0.3 is 0 Å². The number of hydrogen-bond acceptors (Lipinski definition) is 3. The first-order valence-corrected chi connectivity index (χ1v) is 8.70. The molecule has 2 heterocycles. The van der Waals surface area contributed by atoms with E-state index >= 15 is 0 Å². The Kier molecular flexibility index (Phi) is 4.12. The Labute approximate surface area is 148 Å². The van der Waals surface area contributed by atoms with Crippen LogP contribution in [0.2, 0.25) is 0 Å². The highest BCUT2D eigenvalue weighted by molar-refractivity contribution is 5.83. The Morgan fingerprint density at radius 2 is 1.72 bits per heavy atom. The second-order valence-electron chi connectivity index (χ2n) is 7.05. The zero-order valence-corrected chi connectivity index (χ0v) is 14.9. The van der Waals surface area contributed by atoms with Gasteiger partial charge in [-0.25, -0.2) is 0 Å². The molecule has 1 N–H and O–H groups in total. The molecule has 1 fully saturated rings. The van der Waals surface area contributed by atoms with E-state index in [4.69, 9.17) is 9.47 Å². The van der Waals surface area contributed by atoms with E-state index in [1.54, 1.807) is 0 Å². The predicted octanol–water partition coefficient (Wildman–Crippen LogP) is 4.12. The maximum Gasteiger partial charge on any atom is 0.166 e. The van der Waals surface area contributed by atoms with E-state index in [1.807, 2.05) is 32.0 Å². The molecule has 2 atom stereocenters. The van der Waals surface area contributed by atoms with Crippen LogP contribution in [0.1, 0.15) is 31.1 Å². The van der Waals surface area contributed by atoms with E-state index < -0.39 is 5.79 Å². The number of fused-ring (bicyclic) bond motifs is 1. The smallest absolute Gasteiger partial charge is 0.166 e. The lowest BCUT2D eigenvalue weighted by atomic mass is 10.1. The van der Waals surface area contributed by atoms with Crippen LogP contribution in [-0.4, -0.2) is 16.6 Å². The lowest BCUT2D eigenvalue weighted by Gasteiger charge is -2.18. The Bertz CT molecular complexity index is 870. The molecule has 0 amide bonds. The summed E-state index contributed by atoms with van der Waals surface area (Å²) in [4.78, 5) is 0. The van der Waals surface area contributed by atoms with Gasteiger partial charge in [0.25, 0.3) is 0 Å². The zero-order chi connectivity index (χ0) is 17.4. The molecule has 0 spiro atoms. The van der Waals surface area contributed by atoms with Crippen molar-refractivity contribution in [3.63, 3.8) is 0 Å². The summed E-state index contributed by atoms with van der Waals surface area (Å²) >= 11 is 0. The quantitative estimate of drug-likeness (QED) is 0.778. The summed E-state index contributed by atoms with van der Waals surface area (Å²) in [5.41, 5.74) is 3.63. The molecule has 1 saturated heterocycles. The Balaban J connectivity index is 1.56. The van der Waals surface area contributed by atoms with Crippen LogP contribution < -0.4 is 5.32 Å². The fraction of sp³-hybridized carbons (Fsp3) is 0.333. The van der Waals surface area contributed by atoms with E-state index in [9.17, 15) is 0 Å². The summed E-state index contributed by atoms with van der Waals surface area (Å²) in [7, 11) is 2.08. The molecule has 2 aromatic carbocycles. The average molecular weight is 336 g/mol. The first kappa shape index (κ1) is 16.3. The molecule has 0 saturated carbocycles. The maximum atomic E-state index is 6.14. The van der Waals surface area contributed by atoms with E-state index in [-0.39, 0.29) is 12.3 Å². The predicted molar refractivity (Wildman–Crippen MR) is 99.0 cm³/mol. The van der Waals surface area contributed by atoms with Gasteiger partial charge in [-0.05, 0) is 31.0 Å². The molecular weight excluding hydrogens is 312 g/mol. The van der Waals surface area contributed by atoms with Gasteiger partial charge in [0, 0.05) is 30.7 Å². The van der Waals surface area contributed by atoms with Crippen LogP contribution in [-0.2, 0) is 23.1 Å². The highest BCUT2D eigenvalue weighted by Crippen LogP contribution is 2.37. The largest absolute Gasteiger partial charge is 0.350 e. The van der Waals surface area contributed by atoms with Gasteiger partial charge in [0.2, 0.25) is 0 Å². The van der Waals surface area contributed by atoms with Gasteiger partial charge in [0.1, 0.15) is 12.3 Å². The van der Waals surface area contributed by atoms with Crippen LogP contribution >= 0.6 is 0 Å². The van der Waals surface area contributed by atoms with Crippen LogP contribution in [0.5, 0.6) is 0 Å². The second-order valence-corrected chi connectivity index (χ2v) is 7.05. The van der Waals surface area contributed by atoms with Gasteiger partial charge in [-0.3, -0.25) is 5.32 Å². The van der Waals surface area contributed by atoms with Crippen molar-refractivity contribution >= 4 is 10.9 Å². The second kappa shape index (κ2) is 6.30. The monoisotopic (exact) mass is 336 g/mol. The van der Waals surface area contributed by atoms with Crippen LogP contribution in [0.4, 0.5) is 0 Å². The van der Waals surface area contributed by atoms with E-state index in [1.165, 1.54) is 16.5 Å². The minimum Gasteiger partial charge on any atom is -0.350 e. The molecule has 1 aromatic heterocycles. The Hall–Kier alpha value is -2.14.